The Kier molecular flexibility index (Phi) is 5.03. The number of rotatable bonds is 4. The summed E-state index contributed by atoms with van der Waals surface area (Å²) in [4.78, 5) is 12.8. The molecule has 3 unspecified atom stereocenters. The number of amides is 1. The normalized spacial score (nSPS) is 30.8. The second-order valence-electron chi connectivity index (χ2n) is 5.79. The number of halogens is 3. The lowest BCUT2D eigenvalue weighted by Gasteiger charge is -2.31. The number of sulfonamides is 1. The van der Waals surface area contributed by atoms with Gasteiger partial charge in [0.05, 0.1) is 11.9 Å². The molecule has 0 bridgehead atoms. The van der Waals surface area contributed by atoms with Crippen molar-refractivity contribution in [1.29, 1.82) is 0 Å². The highest BCUT2D eigenvalue weighted by molar-refractivity contribution is 7.89. The zero-order valence-corrected chi connectivity index (χ0v) is 12.9. The highest BCUT2D eigenvalue weighted by Crippen LogP contribution is 2.32. The molecule has 0 aromatic carbocycles. The summed E-state index contributed by atoms with van der Waals surface area (Å²) >= 11 is 0. The maximum atomic E-state index is 12.6. The molecule has 2 rings (SSSR count). The Morgan fingerprint density at radius 1 is 1.36 bits per heavy atom. The molecule has 0 aromatic rings. The predicted octanol–water partition coefficient (Wildman–Crippen LogP) is 0.636. The lowest BCUT2D eigenvalue weighted by molar-refractivity contribution is -0.242. The van der Waals surface area contributed by atoms with Gasteiger partial charge in [-0.15, -0.1) is 0 Å². The van der Waals surface area contributed by atoms with Crippen molar-refractivity contribution >= 4 is 15.9 Å². The van der Waals surface area contributed by atoms with E-state index in [1.54, 1.807) is 7.05 Å². The van der Waals surface area contributed by atoms with Crippen LogP contribution in [0.3, 0.4) is 0 Å². The molecule has 128 valence electrons. The molecule has 6 nitrogen and oxygen atoms in total. The molecule has 3 atom stereocenters. The molecule has 2 saturated heterocycles. The molecular weight excluding hydrogens is 325 g/mol. The van der Waals surface area contributed by atoms with Gasteiger partial charge in [-0.1, -0.05) is 0 Å². The molecule has 0 aliphatic carbocycles. The van der Waals surface area contributed by atoms with Crippen molar-refractivity contribution in [1.82, 2.24) is 9.62 Å². The van der Waals surface area contributed by atoms with Crippen LogP contribution >= 0.6 is 0 Å². The van der Waals surface area contributed by atoms with Crippen molar-refractivity contribution in [3.05, 3.63) is 0 Å². The largest absolute Gasteiger partial charge is 0.414 e. The average molecular weight is 344 g/mol. The van der Waals surface area contributed by atoms with Gasteiger partial charge in [-0.25, -0.2) is 13.1 Å². The van der Waals surface area contributed by atoms with Crippen LogP contribution in [0.1, 0.15) is 25.7 Å². The summed E-state index contributed by atoms with van der Waals surface area (Å²) < 4.78 is 69.2. The third-order valence-electron chi connectivity index (χ3n) is 3.81. The van der Waals surface area contributed by atoms with Gasteiger partial charge in [-0.2, -0.15) is 13.2 Å². The molecule has 0 saturated carbocycles. The highest BCUT2D eigenvalue weighted by Gasteiger charge is 2.44. The van der Waals surface area contributed by atoms with Crippen molar-refractivity contribution in [2.45, 2.75) is 50.1 Å². The van der Waals surface area contributed by atoms with E-state index >= 15 is 0 Å². The van der Waals surface area contributed by atoms with E-state index in [-0.39, 0.29) is 38.1 Å². The first-order chi connectivity index (χ1) is 10.1. The van der Waals surface area contributed by atoms with Gasteiger partial charge in [0, 0.05) is 26.1 Å². The highest BCUT2D eigenvalue weighted by atomic mass is 32.2. The minimum Gasteiger partial charge on any atom is -0.364 e. The molecule has 1 N–H and O–H groups in total. The Labute approximate surface area is 127 Å². The molecule has 1 amide bonds. The van der Waals surface area contributed by atoms with Crippen LogP contribution in [0, 0.1) is 0 Å². The maximum Gasteiger partial charge on any atom is 0.414 e. The SMILES string of the molecule is CN1CC(NS(=O)(=O)CC2CCCC(C(F)(F)F)O2)CC1=O. The van der Waals surface area contributed by atoms with Gasteiger partial charge in [0.15, 0.2) is 6.10 Å². The number of carbonyl (C=O) groups is 1. The van der Waals surface area contributed by atoms with Crippen LogP contribution in [-0.4, -0.2) is 63.0 Å². The molecular formula is C12H19F3N2O4S. The number of hydrogen-bond acceptors (Lipinski definition) is 4. The van der Waals surface area contributed by atoms with Crippen molar-refractivity contribution in [3.8, 4) is 0 Å². The minimum atomic E-state index is -4.48. The Hall–Kier alpha value is -0.870. The molecule has 2 heterocycles. The topological polar surface area (TPSA) is 75.7 Å². The van der Waals surface area contributed by atoms with Crippen LogP contribution in [0.25, 0.3) is 0 Å². The van der Waals surface area contributed by atoms with Crippen molar-refractivity contribution in [2.24, 2.45) is 0 Å². The second-order valence-corrected chi connectivity index (χ2v) is 7.59. The first-order valence-corrected chi connectivity index (χ1v) is 8.68. The molecule has 0 radical (unpaired) electrons. The third-order valence-corrected chi connectivity index (χ3v) is 5.31. The second kappa shape index (κ2) is 6.32. The van der Waals surface area contributed by atoms with E-state index in [0.29, 0.717) is 0 Å². The van der Waals surface area contributed by atoms with Gasteiger partial charge in [0.25, 0.3) is 0 Å². The summed E-state index contributed by atoms with van der Waals surface area (Å²) in [5.74, 6) is -0.688. The van der Waals surface area contributed by atoms with E-state index in [4.69, 9.17) is 4.74 Å². The number of alkyl halides is 3. The van der Waals surface area contributed by atoms with Crippen LogP contribution in [-0.2, 0) is 19.6 Å². The molecule has 10 heteroatoms. The summed E-state index contributed by atoms with van der Waals surface area (Å²) in [6.45, 7) is 0.259. The first-order valence-electron chi connectivity index (χ1n) is 7.03. The van der Waals surface area contributed by atoms with Gasteiger partial charge in [-0.05, 0) is 19.3 Å². The fourth-order valence-corrected chi connectivity index (χ4v) is 4.25. The number of likely N-dealkylation sites (tertiary alicyclic amines) is 1. The summed E-state index contributed by atoms with van der Waals surface area (Å²) in [5, 5.41) is 0. The summed E-state index contributed by atoms with van der Waals surface area (Å²) in [6, 6.07) is -0.537. The van der Waals surface area contributed by atoms with Crippen molar-refractivity contribution in [3.63, 3.8) is 0 Å². The zero-order valence-electron chi connectivity index (χ0n) is 12.1. The lowest BCUT2D eigenvalue weighted by Crippen LogP contribution is -2.45. The van der Waals surface area contributed by atoms with E-state index in [1.807, 2.05) is 0 Å². The van der Waals surface area contributed by atoms with E-state index in [9.17, 15) is 26.4 Å². The van der Waals surface area contributed by atoms with E-state index in [2.05, 4.69) is 4.72 Å². The number of ether oxygens (including phenoxy) is 1. The average Bonchev–Trinajstić information content (AvgIpc) is 2.65. The minimum absolute atomic E-state index is 0.0619. The van der Waals surface area contributed by atoms with Crippen molar-refractivity contribution < 1.29 is 31.1 Å². The van der Waals surface area contributed by atoms with Crippen LogP contribution < -0.4 is 4.72 Å². The number of carbonyl (C=O) groups excluding carboxylic acids is 1. The smallest absolute Gasteiger partial charge is 0.364 e. The standard InChI is InChI=1S/C12H19F3N2O4S/c1-17-6-8(5-11(17)18)16-22(19,20)7-9-3-2-4-10(21-9)12(13,14)15/h8-10,16H,2-7H2,1H3. The fraction of sp³-hybridized carbons (Fsp3) is 0.917. The van der Waals surface area contributed by atoms with Gasteiger partial charge < -0.3 is 9.64 Å². The Morgan fingerprint density at radius 3 is 2.59 bits per heavy atom. The van der Waals surface area contributed by atoms with Crippen LogP contribution in [0.15, 0.2) is 0 Å². The Balaban J connectivity index is 1.90. The third kappa shape index (κ3) is 4.56. The van der Waals surface area contributed by atoms with Crippen molar-refractivity contribution in [2.75, 3.05) is 19.3 Å². The van der Waals surface area contributed by atoms with E-state index < -0.39 is 40.2 Å². The molecule has 0 aromatic heterocycles. The summed E-state index contributed by atoms with van der Waals surface area (Å²) in [5.41, 5.74) is 0. The van der Waals surface area contributed by atoms with Gasteiger partial charge in [0.1, 0.15) is 0 Å². The monoisotopic (exact) mass is 344 g/mol. The molecule has 2 aliphatic rings. The van der Waals surface area contributed by atoms with Gasteiger partial charge in [-0.3, -0.25) is 4.79 Å². The zero-order chi connectivity index (χ0) is 16.5. The molecule has 22 heavy (non-hydrogen) atoms. The van der Waals surface area contributed by atoms with Crippen LogP contribution in [0.2, 0.25) is 0 Å². The number of hydrogen-bond donors (Lipinski definition) is 1. The molecule has 2 aliphatic heterocycles. The lowest BCUT2D eigenvalue weighted by atomic mass is 10.0. The predicted molar refractivity (Wildman–Crippen MR) is 71.5 cm³/mol. The number of nitrogens with one attached hydrogen (secondary N) is 1. The fourth-order valence-electron chi connectivity index (χ4n) is 2.75. The quantitative estimate of drug-likeness (QED) is 0.812. The molecule has 0 spiro atoms. The maximum absolute atomic E-state index is 12.6. The number of likely N-dealkylation sites (N-methyl/N-ethyl adjacent to an activating group) is 1. The van der Waals surface area contributed by atoms with Gasteiger partial charge >= 0.3 is 6.18 Å². The molecule has 2 fully saturated rings. The van der Waals surface area contributed by atoms with Gasteiger partial charge in [0.2, 0.25) is 15.9 Å². The van der Waals surface area contributed by atoms with Crippen LogP contribution in [0.4, 0.5) is 13.2 Å². The van der Waals surface area contributed by atoms with E-state index in [0.717, 1.165) is 0 Å². The number of nitrogens with zero attached hydrogens (tertiary/aromatic N) is 1. The van der Waals surface area contributed by atoms with Crippen LogP contribution in [0.5, 0.6) is 0 Å². The summed E-state index contributed by atoms with van der Waals surface area (Å²) in [6.07, 6.45) is -6.89. The summed E-state index contributed by atoms with van der Waals surface area (Å²) in [7, 11) is -2.24. The first kappa shape index (κ1) is 17.5. The Morgan fingerprint density at radius 2 is 2.05 bits per heavy atom. The Bertz CT molecular complexity index is 523. The van der Waals surface area contributed by atoms with E-state index in [1.165, 1.54) is 4.90 Å².